The molecule has 0 saturated carbocycles. The summed E-state index contributed by atoms with van der Waals surface area (Å²) >= 11 is 0. The van der Waals surface area contributed by atoms with Gasteiger partial charge in [0.25, 0.3) is 0 Å². The molecule has 3 rings (SSSR count). The Morgan fingerprint density at radius 2 is 2.15 bits per heavy atom. The molecule has 0 radical (unpaired) electrons. The minimum absolute atomic E-state index is 0.0356. The van der Waals surface area contributed by atoms with Gasteiger partial charge in [0.15, 0.2) is 0 Å². The van der Waals surface area contributed by atoms with Crippen molar-refractivity contribution in [1.29, 1.82) is 0 Å². The lowest BCUT2D eigenvalue weighted by Gasteiger charge is -2.36. The first-order valence-corrected chi connectivity index (χ1v) is 9.13. The first-order chi connectivity index (χ1) is 13.1. The van der Waals surface area contributed by atoms with Crippen LogP contribution < -0.4 is 5.32 Å². The summed E-state index contributed by atoms with van der Waals surface area (Å²) in [7, 11) is 1.33. The van der Waals surface area contributed by atoms with Crippen LogP contribution in [0, 0.1) is 5.92 Å². The average Bonchev–Trinajstić information content (AvgIpc) is 3.19. The van der Waals surface area contributed by atoms with E-state index in [1.807, 2.05) is 26.0 Å². The molecule has 2 amide bonds. The zero-order chi connectivity index (χ0) is 19.4. The minimum Gasteiger partial charge on any atom is -0.467 e. The van der Waals surface area contributed by atoms with Crippen LogP contribution in [0.5, 0.6) is 0 Å². The molecular weight excluding hydrogens is 346 g/mol. The van der Waals surface area contributed by atoms with Crippen LogP contribution in [0.3, 0.4) is 0 Å². The number of carbonyl (C=O) groups excluding carboxylic acids is 2. The minimum atomic E-state index is -0.689. The van der Waals surface area contributed by atoms with E-state index in [0.717, 1.165) is 23.4 Å². The first-order valence-electron chi connectivity index (χ1n) is 9.13. The first kappa shape index (κ1) is 18.9. The topological polar surface area (TPSA) is 100 Å². The number of pyridine rings is 1. The third kappa shape index (κ3) is 3.79. The predicted octanol–water partition coefficient (Wildman–Crippen LogP) is 2.05. The van der Waals surface area contributed by atoms with E-state index in [1.54, 1.807) is 23.6 Å². The largest absolute Gasteiger partial charge is 0.467 e. The van der Waals surface area contributed by atoms with Crippen LogP contribution in [-0.4, -0.2) is 51.5 Å². The van der Waals surface area contributed by atoms with E-state index < -0.39 is 12.0 Å². The number of rotatable bonds is 5. The summed E-state index contributed by atoms with van der Waals surface area (Å²) in [6, 6.07) is 2.42. The normalized spacial score (nSPS) is 18.3. The smallest absolute Gasteiger partial charge is 0.328 e. The van der Waals surface area contributed by atoms with Gasteiger partial charge < -0.3 is 19.9 Å². The van der Waals surface area contributed by atoms with Crippen molar-refractivity contribution in [3.8, 4) is 0 Å². The fourth-order valence-electron chi connectivity index (χ4n) is 3.39. The lowest BCUT2D eigenvalue weighted by atomic mass is 9.96. The van der Waals surface area contributed by atoms with E-state index in [-0.39, 0.29) is 18.0 Å². The van der Waals surface area contributed by atoms with Crippen molar-refractivity contribution in [1.82, 2.24) is 25.2 Å². The number of nitrogens with zero attached hydrogens (tertiary/aromatic N) is 3. The molecule has 0 aliphatic carbocycles. The van der Waals surface area contributed by atoms with Crippen LogP contribution in [0.25, 0.3) is 0 Å². The second-order valence-corrected chi connectivity index (χ2v) is 6.73. The van der Waals surface area contributed by atoms with Crippen molar-refractivity contribution in [2.45, 2.75) is 38.8 Å². The number of amides is 2. The predicted molar refractivity (Wildman–Crippen MR) is 98.9 cm³/mol. The van der Waals surface area contributed by atoms with E-state index in [9.17, 15) is 9.59 Å². The van der Waals surface area contributed by atoms with Gasteiger partial charge in [-0.2, -0.15) is 0 Å². The third-order valence-electron chi connectivity index (χ3n) is 5.15. The van der Waals surface area contributed by atoms with Gasteiger partial charge in [-0.05, 0) is 23.6 Å². The second-order valence-electron chi connectivity index (χ2n) is 6.73. The van der Waals surface area contributed by atoms with Crippen molar-refractivity contribution in [2.75, 3.05) is 13.7 Å². The van der Waals surface area contributed by atoms with Gasteiger partial charge in [0.2, 0.25) is 0 Å². The standard InChI is InChI=1S/C19H25N5O3/c1-4-12(2)15(18(25)27-3)23-19(26)24-10-7-14-16(22-11-21-14)17(24)13-5-8-20-9-6-13/h5-6,8-9,11-12,15,17H,4,7,10H2,1-3H3,(H,21,22)(H,23,26)/t12-,15+,17+/m0/s1. The monoisotopic (exact) mass is 371 g/mol. The van der Waals surface area contributed by atoms with Crippen LogP contribution in [0.1, 0.15) is 43.3 Å². The molecule has 8 nitrogen and oxygen atoms in total. The number of nitrogens with one attached hydrogen (secondary N) is 2. The Morgan fingerprint density at radius 1 is 1.41 bits per heavy atom. The van der Waals surface area contributed by atoms with Crippen LogP contribution in [0.4, 0.5) is 4.79 Å². The number of fused-ring (bicyclic) bond motifs is 1. The van der Waals surface area contributed by atoms with Crippen molar-refractivity contribution in [3.63, 3.8) is 0 Å². The number of aromatic amines is 1. The fourth-order valence-corrected chi connectivity index (χ4v) is 3.39. The number of ether oxygens (including phenoxy) is 1. The van der Waals surface area contributed by atoms with Gasteiger partial charge in [-0.15, -0.1) is 0 Å². The van der Waals surface area contributed by atoms with Gasteiger partial charge in [-0.25, -0.2) is 14.6 Å². The molecule has 8 heteroatoms. The fraction of sp³-hybridized carbons (Fsp3) is 0.474. The number of urea groups is 1. The zero-order valence-corrected chi connectivity index (χ0v) is 15.8. The van der Waals surface area contributed by atoms with Crippen LogP contribution >= 0.6 is 0 Å². The third-order valence-corrected chi connectivity index (χ3v) is 5.15. The van der Waals surface area contributed by atoms with Gasteiger partial charge >= 0.3 is 12.0 Å². The van der Waals surface area contributed by atoms with Crippen molar-refractivity contribution < 1.29 is 14.3 Å². The Balaban J connectivity index is 1.89. The number of carbonyl (C=O) groups is 2. The maximum absolute atomic E-state index is 13.1. The summed E-state index contributed by atoms with van der Waals surface area (Å²) < 4.78 is 4.88. The Bertz CT molecular complexity index is 792. The molecule has 0 unspecified atom stereocenters. The molecule has 2 aromatic rings. The highest BCUT2D eigenvalue weighted by Crippen LogP contribution is 2.33. The SMILES string of the molecule is CC[C@H](C)[C@@H](NC(=O)N1CCc2[nH]cnc2[C@H]1c1ccncc1)C(=O)OC. The van der Waals surface area contributed by atoms with Crippen molar-refractivity contribution >= 4 is 12.0 Å². The number of methoxy groups -OCH3 is 1. The highest BCUT2D eigenvalue weighted by atomic mass is 16.5. The Kier molecular flexibility index (Phi) is 5.73. The maximum atomic E-state index is 13.1. The van der Waals surface area contributed by atoms with Crippen LogP contribution in [0.2, 0.25) is 0 Å². The highest BCUT2D eigenvalue weighted by Gasteiger charge is 2.36. The Hall–Kier alpha value is -2.90. The van der Waals surface area contributed by atoms with E-state index in [2.05, 4.69) is 20.3 Å². The summed E-state index contributed by atoms with van der Waals surface area (Å²) in [6.45, 7) is 4.41. The molecule has 3 atom stereocenters. The summed E-state index contributed by atoms with van der Waals surface area (Å²) in [6.07, 6.45) is 6.47. The Labute approximate surface area is 158 Å². The van der Waals surface area contributed by atoms with E-state index in [4.69, 9.17) is 4.74 Å². The summed E-state index contributed by atoms with van der Waals surface area (Å²) in [5, 5.41) is 2.87. The number of hydrogen-bond acceptors (Lipinski definition) is 5. The number of aromatic nitrogens is 3. The summed E-state index contributed by atoms with van der Waals surface area (Å²) in [5.41, 5.74) is 2.76. The van der Waals surface area contributed by atoms with Gasteiger partial charge in [0.05, 0.1) is 19.1 Å². The molecule has 0 spiro atoms. The lowest BCUT2D eigenvalue weighted by Crippen LogP contribution is -2.53. The summed E-state index contributed by atoms with van der Waals surface area (Å²) in [5.74, 6) is -0.470. The molecule has 0 bridgehead atoms. The lowest BCUT2D eigenvalue weighted by molar-refractivity contribution is -0.144. The molecule has 2 N–H and O–H groups in total. The van der Waals surface area contributed by atoms with Gasteiger partial charge in [0, 0.05) is 31.1 Å². The molecule has 0 saturated heterocycles. The van der Waals surface area contributed by atoms with Crippen molar-refractivity contribution in [2.24, 2.45) is 5.92 Å². The van der Waals surface area contributed by atoms with E-state index in [1.165, 1.54) is 7.11 Å². The van der Waals surface area contributed by atoms with Crippen LogP contribution in [-0.2, 0) is 16.0 Å². The number of hydrogen-bond donors (Lipinski definition) is 2. The second kappa shape index (κ2) is 8.20. The van der Waals surface area contributed by atoms with Crippen molar-refractivity contribution in [3.05, 3.63) is 47.8 Å². The molecule has 144 valence electrons. The quantitative estimate of drug-likeness (QED) is 0.784. The maximum Gasteiger partial charge on any atom is 0.328 e. The molecule has 0 aromatic carbocycles. The van der Waals surface area contributed by atoms with Crippen LogP contribution in [0.15, 0.2) is 30.9 Å². The Morgan fingerprint density at radius 3 is 2.81 bits per heavy atom. The van der Waals surface area contributed by atoms with Gasteiger partial charge in [-0.1, -0.05) is 20.3 Å². The molecule has 1 aliphatic rings. The molecule has 27 heavy (non-hydrogen) atoms. The molecule has 2 aromatic heterocycles. The summed E-state index contributed by atoms with van der Waals surface area (Å²) in [4.78, 5) is 38.7. The van der Waals surface area contributed by atoms with E-state index >= 15 is 0 Å². The van der Waals surface area contributed by atoms with Gasteiger partial charge in [-0.3, -0.25) is 4.98 Å². The zero-order valence-electron chi connectivity index (χ0n) is 15.8. The molecule has 1 aliphatic heterocycles. The molecule has 0 fully saturated rings. The number of imidazole rings is 1. The van der Waals surface area contributed by atoms with Gasteiger partial charge in [0.1, 0.15) is 12.1 Å². The number of esters is 1. The molecular formula is C19H25N5O3. The van der Waals surface area contributed by atoms with E-state index in [0.29, 0.717) is 13.0 Å². The highest BCUT2D eigenvalue weighted by molar-refractivity contribution is 5.84. The molecule has 3 heterocycles. The number of H-pyrrole nitrogens is 1. The average molecular weight is 371 g/mol.